The van der Waals surface area contributed by atoms with E-state index in [2.05, 4.69) is 17.2 Å². The van der Waals surface area contributed by atoms with Crippen molar-refractivity contribution in [1.82, 2.24) is 5.32 Å². The molecule has 0 unspecified atom stereocenters. The minimum atomic E-state index is -0.705. The van der Waals surface area contributed by atoms with Crippen molar-refractivity contribution in [3.05, 3.63) is 72.3 Å². The van der Waals surface area contributed by atoms with Gasteiger partial charge in [0.1, 0.15) is 12.4 Å². The first kappa shape index (κ1) is 17.3. The van der Waals surface area contributed by atoms with Crippen molar-refractivity contribution in [2.45, 2.75) is 13.5 Å². The van der Waals surface area contributed by atoms with Crippen LogP contribution in [-0.4, -0.2) is 18.4 Å². The molecular formula is C19H20N2O3. The van der Waals surface area contributed by atoms with Crippen molar-refractivity contribution in [2.75, 3.05) is 11.9 Å². The average Bonchev–Trinajstić information content (AvgIpc) is 2.60. The summed E-state index contributed by atoms with van der Waals surface area (Å²) in [7, 11) is 0. The fourth-order valence-electron chi connectivity index (χ4n) is 2.04. The summed E-state index contributed by atoms with van der Waals surface area (Å²) in [6.07, 6.45) is 1.65. The molecule has 2 amide bonds. The maximum absolute atomic E-state index is 11.9. The van der Waals surface area contributed by atoms with Crippen LogP contribution >= 0.6 is 0 Å². The van der Waals surface area contributed by atoms with E-state index >= 15 is 0 Å². The van der Waals surface area contributed by atoms with E-state index < -0.39 is 11.8 Å². The number of ether oxygens (including phenoxy) is 1. The maximum atomic E-state index is 11.9. The van der Waals surface area contributed by atoms with Crippen molar-refractivity contribution in [3.63, 3.8) is 0 Å². The van der Waals surface area contributed by atoms with Gasteiger partial charge in [-0.2, -0.15) is 0 Å². The van der Waals surface area contributed by atoms with E-state index in [0.29, 0.717) is 24.6 Å². The van der Waals surface area contributed by atoms with Crippen molar-refractivity contribution < 1.29 is 14.3 Å². The summed E-state index contributed by atoms with van der Waals surface area (Å²) in [4.78, 5) is 23.8. The lowest BCUT2D eigenvalue weighted by Crippen LogP contribution is -2.35. The minimum Gasteiger partial charge on any atom is -0.490 e. The van der Waals surface area contributed by atoms with Gasteiger partial charge in [-0.3, -0.25) is 9.59 Å². The Bertz CT molecular complexity index is 724. The van der Waals surface area contributed by atoms with Crippen molar-refractivity contribution in [3.8, 4) is 5.75 Å². The second-order valence-electron chi connectivity index (χ2n) is 5.19. The molecule has 0 aliphatic carbocycles. The van der Waals surface area contributed by atoms with Gasteiger partial charge in [-0.15, -0.1) is 0 Å². The van der Waals surface area contributed by atoms with Gasteiger partial charge in [0, 0.05) is 12.2 Å². The highest BCUT2D eigenvalue weighted by Crippen LogP contribution is 2.15. The number of anilines is 1. The molecule has 0 saturated carbocycles. The van der Waals surface area contributed by atoms with Crippen LogP contribution in [-0.2, 0) is 16.1 Å². The zero-order chi connectivity index (χ0) is 17.4. The standard InChI is InChI=1S/C19H20N2O3/c1-3-12-24-17-10-8-16(9-11-17)21-19(23)18(22)20-13-15-7-5-4-6-14(15)2/h3-11H,1,12-13H2,2H3,(H,20,22)(H,21,23). The summed E-state index contributed by atoms with van der Waals surface area (Å²) < 4.78 is 5.35. The summed E-state index contributed by atoms with van der Waals surface area (Å²) in [6.45, 7) is 6.25. The van der Waals surface area contributed by atoms with Gasteiger partial charge in [0.05, 0.1) is 0 Å². The van der Waals surface area contributed by atoms with Crippen LogP contribution in [0.25, 0.3) is 0 Å². The van der Waals surface area contributed by atoms with Gasteiger partial charge < -0.3 is 15.4 Å². The second kappa shape index (κ2) is 8.53. The Morgan fingerprint density at radius 3 is 2.46 bits per heavy atom. The zero-order valence-electron chi connectivity index (χ0n) is 13.5. The molecule has 0 fully saturated rings. The predicted molar refractivity (Wildman–Crippen MR) is 93.8 cm³/mol. The average molecular weight is 324 g/mol. The molecule has 0 spiro atoms. The molecule has 0 radical (unpaired) electrons. The summed E-state index contributed by atoms with van der Waals surface area (Å²) in [5, 5.41) is 5.16. The van der Waals surface area contributed by atoms with Gasteiger partial charge in [-0.05, 0) is 42.3 Å². The predicted octanol–water partition coefficient (Wildman–Crippen LogP) is 2.81. The molecule has 0 saturated heterocycles. The van der Waals surface area contributed by atoms with Gasteiger partial charge in [0.25, 0.3) is 0 Å². The van der Waals surface area contributed by atoms with Gasteiger partial charge >= 0.3 is 11.8 Å². The molecule has 2 aromatic rings. The molecule has 24 heavy (non-hydrogen) atoms. The first-order chi connectivity index (χ1) is 11.6. The molecule has 0 aliphatic heterocycles. The summed E-state index contributed by atoms with van der Waals surface area (Å²) >= 11 is 0. The Labute approximate surface area is 141 Å². The molecule has 0 bridgehead atoms. The lowest BCUT2D eigenvalue weighted by atomic mass is 10.1. The van der Waals surface area contributed by atoms with E-state index in [1.54, 1.807) is 30.3 Å². The topological polar surface area (TPSA) is 67.4 Å². The highest BCUT2D eigenvalue weighted by molar-refractivity contribution is 6.39. The number of benzene rings is 2. The van der Waals surface area contributed by atoms with Gasteiger partial charge in [0.2, 0.25) is 0 Å². The third-order valence-corrected chi connectivity index (χ3v) is 3.39. The Balaban J connectivity index is 1.86. The number of nitrogens with one attached hydrogen (secondary N) is 2. The highest BCUT2D eigenvalue weighted by Gasteiger charge is 2.13. The lowest BCUT2D eigenvalue weighted by molar-refractivity contribution is -0.136. The quantitative estimate of drug-likeness (QED) is 0.634. The molecule has 0 atom stereocenters. The van der Waals surface area contributed by atoms with Crippen LogP contribution in [0.4, 0.5) is 5.69 Å². The van der Waals surface area contributed by atoms with Gasteiger partial charge in [0.15, 0.2) is 0 Å². The molecule has 2 rings (SSSR count). The Morgan fingerprint density at radius 2 is 1.79 bits per heavy atom. The summed E-state index contributed by atoms with van der Waals surface area (Å²) in [6, 6.07) is 14.5. The maximum Gasteiger partial charge on any atom is 0.313 e. The van der Waals surface area contributed by atoms with Crippen LogP contribution in [0.5, 0.6) is 5.75 Å². The third-order valence-electron chi connectivity index (χ3n) is 3.39. The Hall–Kier alpha value is -3.08. The van der Waals surface area contributed by atoms with Crippen LogP contribution in [0.2, 0.25) is 0 Å². The number of amides is 2. The van der Waals surface area contributed by atoms with Gasteiger partial charge in [-0.1, -0.05) is 36.9 Å². The van der Waals surface area contributed by atoms with Crippen LogP contribution in [0, 0.1) is 6.92 Å². The summed E-state index contributed by atoms with van der Waals surface area (Å²) in [5.74, 6) is -0.717. The minimum absolute atomic E-state index is 0.313. The van der Waals surface area contributed by atoms with Crippen molar-refractivity contribution in [2.24, 2.45) is 0 Å². The molecule has 124 valence electrons. The van der Waals surface area contributed by atoms with Crippen LogP contribution in [0.15, 0.2) is 61.2 Å². The molecule has 0 heterocycles. The molecule has 2 aromatic carbocycles. The molecule has 0 aromatic heterocycles. The fraction of sp³-hybridized carbons (Fsp3) is 0.158. The van der Waals surface area contributed by atoms with Crippen molar-refractivity contribution >= 4 is 17.5 Å². The van der Waals surface area contributed by atoms with Crippen LogP contribution in [0.1, 0.15) is 11.1 Å². The zero-order valence-corrected chi connectivity index (χ0v) is 13.5. The van der Waals surface area contributed by atoms with E-state index in [1.807, 2.05) is 31.2 Å². The fourth-order valence-corrected chi connectivity index (χ4v) is 2.04. The molecule has 5 heteroatoms. The number of aryl methyl sites for hydroxylation is 1. The molecule has 0 aliphatic rings. The Morgan fingerprint density at radius 1 is 1.08 bits per heavy atom. The highest BCUT2D eigenvalue weighted by atomic mass is 16.5. The van der Waals surface area contributed by atoms with Crippen molar-refractivity contribution in [1.29, 1.82) is 0 Å². The number of carbonyl (C=O) groups is 2. The van der Waals surface area contributed by atoms with E-state index in [-0.39, 0.29) is 0 Å². The molecule has 2 N–H and O–H groups in total. The number of hydrogen-bond acceptors (Lipinski definition) is 3. The SMILES string of the molecule is C=CCOc1ccc(NC(=O)C(=O)NCc2ccccc2C)cc1. The monoisotopic (exact) mass is 324 g/mol. The molecular weight excluding hydrogens is 304 g/mol. The Kier molecular flexibility index (Phi) is 6.14. The lowest BCUT2D eigenvalue weighted by Gasteiger charge is -2.09. The number of rotatable bonds is 6. The molecule has 5 nitrogen and oxygen atoms in total. The largest absolute Gasteiger partial charge is 0.490 e. The normalized spacial score (nSPS) is 9.88. The number of carbonyl (C=O) groups excluding carboxylic acids is 2. The first-order valence-corrected chi connectivity index (χ1v) is 7.57. The van der Waals surface area contributed by atoms with E-state index in [1.165, 1.54) is 0 Å². The van der Waals surface area contributed by atoms with E-state index in [9.17, 15) is 9.59 Å². The van der Waals surface area contributed by atoms with E-state index in [0.717, 1.165) is 11.1 Å². The van der Waals surface area contributed by atoms with E-state index in [4.69, 9.17) is 4.74 Å². The second-order valence-corrected chi connectivity index (χ2v) is 5.19. The third kappa shape index (κ3) is 4.98. The summed E-state index contributed by atoms with van der Waals surface area (Å²) in [5.41, 5.74) is 2.56. The van der Waals surface area contributed by atoms with Crippen LogP contribution < -0.4 is 15.4 Å². The van der Waals surface area contributed by atoms with Gasteiger partial charge in [-0.25, -0.2) is 0 Å². The first-order valence-electron chi connectivity index (χ1n) is 7.57. The smallest absolute Gasteiger partial charge is 0.313 e. The number of hydrogen-bond donors (Lipinski definition) is 2. The van der Waals surface area contributed by atoms with Crippen LogP contribution in [0.3, 0.4) is 0 Å².